The molecule has 0 aliphatic heterocycles. The highest BCUT2D eigenvalue weighted by atomic mass is 16.5. The van der Waals surface area contributed by atoms with Crippen LogP contribution < -0.4 is 15.6 Å². The number of pyridine rings is 2. The molecule has 2 aromatic heterocycles. The van der Waals surface area contributed by atoms with Gasteiger partial charge >= 0.3 is 0 Å². The summed E-state index contributed by atoms with van der Waals surface area (Å²) in [4.78, 5) is 16.6. The molecule has 0 bridgehead atoms. The van der Waals surface area contributed by atoms with Gasteiger partial charge in [0.2, 0.25) is 0 Å². The fourth-order valence-corrected chi connectivity index (χ4v) is 3.23. The second-order valence-corrected chi connectivity index (χ2v) is 6.89. The summed E-state index contributed by atoms with van der Waals surface area (Å²) in [6.45, 7) is 5.01. The van der Waals surface area contributed by atoms with Crippen LogP contribution in [-0.4, -0.2) is 29.2 Å². The van der Waals surface area contributed by atoms with E-state index in [-0.39, 0.29) is 5.56 Å². The van der Waals surface area contributed by atoms with Crippen LogP contribution in [0.5, 0.6) is 5.75 Å². The number of nitrogens with one attached hydrogen (secondary N) is 1. The van der Waals surface area contributed by atoms with Gasteiger partial charge in [0.05, 0.1) is 10.9 Å². The fraction of sp³-hybridized carbons (Fsp3) is 0.400. The van der Waals surface area contributed by atoms with Crippen LogP contribution in [0, 0.1) is 5.92 Å². The van der Waals surface area contributed by atoms with Crippen LogP contribution in [-0.2, 0) is 7.05 Å². The van der Waals surface area contributed by atoms with E-state index in [2.05, 4.69) is 24.1 Å². The highest BCUT2D eigenvalue weighted by Crippen LogP contribution is 2.25. The molecule has 5 heteroatoms. The topological polar surface area (TPSA) is 56.1 Å². The van der Waals surface area contributed by atoms with Crippen LogP contribution >= 0.6 is 0 Å². The van der Waals surface area contributed by atoms with Crippen molar-refractivity contribution in [3.05, 3.63) is 47.0 Å². The average Bonchev–Trinajstić information content (AvgIpc) is 2.62. The van der Waals surface area contributed by atoms with E-state index in [1.54, 1.807) is 24.0 Å². The van der Waals surface area contributed by atoms with Crippen molar-refractivity contribution in [2.24, 2.45) is 13.0 Å². The molecule has 1 aromatic carbocycles. The van der Waals surface area contributed by atoms with Gasteiger partial charge in [-0.1, -0.05) is 13.8 Å². The molecule has 0 saturated heterocycles. The van der Waals surface area contributed by atoms with E-state index < -0.39 is 0 Å². The SMILES string of the molecule is CN[C@H](COc1ccc2c3ccncc3c(=O)n(C)c2c1)CC(C)C. The average molecular weight is 339 g/mol. The molecule has 3 rings (SSSR count). The number of aromatic nitrogens is 2. The summed E-state index contributed by atoms with van der Waals surface area (Å²) in [5.41, 5.74) is 0.826. The van der Waals surface area contributed by atoms with Gasteiger partial charge in [-0.3, -0.25) is 9.78 Å². The summed E-state index contributed by atoms with van der Waals surface area (Å²) in [7, 11) is 3.75. The molecular weight excluding hydrogens is 314 g/mol. The van der Waals surface area contributed by atoms with Gasteiger partial charge in [-0.15, -0.1) is 0 Å². The van der Waals surface area contributed by atoms with Crippen LogP contribution in [0.1, 0.15) is 20.3 Å². The molecule has 0 radical (unpaired) electrons. The number of rotatable bonds is 6. The van der Waals surface area contributed by atoms with Crippen molar-refractivity contribution < 1.29 is 4.74 Å². The minimum atomic E-state index is -0.0411. The quantitative estimate of drug-likeness (QED) is 0.701. The Bertz CT molecular complexity index is 947. The van der Waals surface area contributed by atoms with Gasteiger partial charge in [0.15, 0.2) is 0 Å². The molecule has 1 atom stereocenters. The van der Waals surface area contributed by atoms with Gasteiger partial charge in [-0.25, -0.2) is 0 Å². The van der Waals surface area contributed by atoms with Crippen molar-refractivity contribution in [1.29, 1.82) is 0 Å². The Hall–Kier alpha value is -2.40. The Balaban J connectivity index is 1.96. The van der Waals surface area contributed by atoms with Crippen LogP contribution in [0.15, 0.2) is 41.5 Å². The van der Waals surface area contributed by atoms with E-state index in [0.717, 1.165) is 28.5 Å². The third-order valence-corrected chi connectivity index (χ3v) is 4.59. The zero-order valence-electron chi connectivity index (χ0n) is 15.2. The molecule has 0 amide bonds. The molecule has 132 valence electrons. The van der Waals surface area contributed by atoms with Crippen molar-refractivity contribution in [3.8, 4) is 5.75 Å². The maximum Gasteiger partial charge on any atom is 0.260 e. The zero-order valence-corrected chi connectivity index (χ0v) is 15.2. The molecule has 0 aliphatic rings. The van der Waals surface area contributed by atoms with Gasteiger partial charge in [-0.05, 0) is 43.0 Å². The predicted molar refractivity (Wildman–Crippen MR) is 102 cm³/mol. The third kappa shape index (κ3) is 3.51. The number of fused-ring (bicyclic) bond motifs is 3. The summed E-state index contributed by atoms with van der Waals surface area (Å²) in [6, 6.07) is 8.12. The number of ether oxygens (including phenoxy) is 1. The van der Waals surface area contributed by atoms with Crippen molar-refractivity contribution in [2.45, 2.75) is 26.3 Å². The lowest BCUT2D eigenvalue weighted by Crippen LogP contribution is -2.33. The minimum Gasteiger partial charge on any atom is -0.492 e. The van der Waals surface area contributed by atoms with Crippen molar-refractivity contribution in [1.82, 2.24) is 14.9 Å². The maximum absolute atomic E-state index is 12.6. The minimum absolute atomic E-state index is 0.0411. The van der Waals surface area contributed by atoms with E-state index in [9.17, 15) is 4.79 Å². The Morgan fingerprint density at radius 1 is 1.20 bits per heavy atom. The van der Waals surface area contributed by atoms with Crippen molar-refractivity contribution in [3.63, 3.8) is 0 Å². The lowest BCUT2D eigenvalue weighted by molar-refractivity contribution is 0.251. The van der Waals surface area contributed by atoms with E-state index in [1.807, 2.05) is 31.3 Å². The first-order chi connectivity index (χ1) is 12.0. The van der Waals surface area contributed by atoms with Gasteiger partial charge < -0.3 is 14.6 Å². The largest absolute Gasteiger partial charge is 0.492 e. The number of nitrogens with zero attached hydrogens (tertiary/aromatic N) is 2. The Labute approximate surface area is 147 Å². The second kappa shape index (κ2) is 7.23. The smallest absolute Gasteiger partial charge is 0.260 e. The molecule has 0 spiro atoms. The maximum atomic E-state index is 12.6. The number of benzene rings is 1. The molecule has 3 aromatic rings. The number of hydrogen-bond donors (Lipinski definition) is 1. The molecule has 0 unspecified atom stereocenters. The number of likely N-dealkylation sites (N-methyl/N-ethyl adjacent to an activating group) is 1. The summed E-state index contributed by atoms with van der Waals surface area (Å²) < 4.78 is 7.65. The van der Waals surface area contributed by atoms with E-state index in [0.29, 0.717) is 24.0 Å². The van der Waals surface area contributed by atoms with Crippen LogP contribution in [0.2, 0.25) is 0 Å². The lowest BCUT2D eigenvalue weighted by Gasteiger charge is -2.19. The third-order valence-electron chi connectivity index (χ3n) is 4.59. The van der Waals surface area contributed by atoms with Crippen LogP contribution in [0.25, 0.3) is 21.7 Å². The fourth-order valence-electron chi connectivity index (χ4n) is 3.23. The van der Waals surface area contributed by atoms with Gasteiger partial charge in [0.25, 0.3) is 5.56 Å². The molecule has 0 fully saturated rings. The Kier molecular flexibility index (Phi) is 5.04. The molecule has 0 aliphatic carbocycles. The van der Waals surface area contributed by atoms with Crippen molar-refractivity contribution in [2.75, 3.05) is 13.7 Å². The molecule has 5 nitrogen and oxygen atoms in total. The van der Waals surface area contributed by atoms with E-state index in [4.69, 9.17) is 4.74 Å². The zero-order chi connectivity index (χ0) is 18.0. The van der Waals surface area contributed by atoms with Crippen LogP contribution in [0.3, 0.4) is 0 Å². The van der Waals surface area contributed by atoms with E-state index in [1.165, 1.54) is 0 Å². The highest BCUT2D eigenvalue weighted by molar-refractivity contribution is 6.05. The predicted octanol–water partition coefficient (Wildman–Crippen LogP) is 3.10. The Morgan fingerprint density at radius 2 is 2.00 bits per heavy atom. The second-order valence-electron chi connectivity index (χ2n) is 6.89. The van der Waals surface area contributed by atoms with Crippen LogP contribution in [0.4, 0.5) is 0 Å². The van der Waals surface area contributed by atoms with Crippen molar-refractivity contribution >= 4 is 21.7 Å². The highest BCUT2D eigenvalue weighted by Gasteiger charge is 2.12. The van der Waals surface area contributed by atoms with Gasteiger partial charge in [0.1, 0.15) is 12.4 Å². The normalized spacial score (nSPS) is 12.8. The van der Waals surface area contributed by atoms with Gasteiger partial charge in [-0.2, -0.15) is 0 Å². The summed E-state index contributed by atoms with van der Waals surface area (Å²) in [5, 5.41) is 5.89. The molecule has 1 N–H and O–H groups in total. The number of aryl methyl sites for hydroxylation is 1. The summed E-state index contributed by atoms with van der Waals surface area (Å²) in [6.07, 6.45) is 4.40. The summed E-state index contributed by atoms with van der Waals surface area (Å²) in [5.74, 6) is 1.39. The first-order valence-electron chi connectivity index (χ1n) is 8.67. The molecular formula is C20H25N3O2. The molecule has 25 heavy (non-hydrogen) atoms. The first-order valence-corrected chi connectivity index (χ1v) is 8.67. The van der Waals surface area contributed by atoms with E-state index >= 15 is 0 Å². The molecule has 2 heterocycles. The standard InChI is InChI=1S/C20H25N3O2/c1-13(2)9-14(21-3)12-25-15-5-6-17-16-7-8-22-11-18(16)20(24)23(4)19(17)10-15/h5-8,10-11,13-14,21H,9,12H2,1-4H3/t14-/m0/s1. The first kappa shape index (κ1) is 17.4. The molecule has 0 saturated carbocycles. The monoisotopic (exact) mass is 339 g/mol. The lowest BCUT2D eigenvalue weighted by atomic mass is 10.0. The number of hydrogen-bond acceptors (Lipinski definition) is 4. The Morgan fingerprint density at radius 3 is 2.72 bits per heavy atom. The summed E-state index contributed by atoms with van der Waals surface area (Å²) >= 11 is 0. The van der Waals surface area contributed by atoms with Gasteiger partial charge in [0, 0.05) is 36.9 Å².